The van der Waals surface area contributed by atoms with Gasteiger partial charge in [0.2, 0.25) is 0 Å². The van der Waals surface area contributed by atoms with Crippen molar-refractivity contribution in [3.63, 3.8) is 0 Å². The van der Waals surface area contributed by atoms with Crippen molar-refractivity contribution in [2.24, 2.45) is 0 Å². The minimum atomic E-state index is -3.54. The van der Waals surface area contributed by atoms with Gasteiger partial charge in [0.1, 0.15) is 0 Å². The predicted octanol–water partition coefficient (Wildman–Crippen LogP) is -4.49. The zero-order valence-corrected chi connectivity index (χ0v) is 8.23. The summed E-state index contributed by atoms with van der Waals surface area (Å²) in [7, 11) is 0. The van der Waals surface area contributed by atoms with Crippen molar-refractivity contribution in [3.8, 4) is 0 Å². The molecule has 0 radical (unpaired) electrons. The van der Waals surface area contributed by atoms with Crippen molar-refractivity contribution >= 4 is 29.0 Å². The van der Waals surface area contributed by atoms with Crippen LogP contribution in [0.15, 0.2) is 0 Å². The Bertz CT molecular complexity index is 69.1. The van der Waals surface area contributed by atoms with Crippen molar-refractivity contribution < 1.29 is 41.5 Å². The first kappa shape index (κ1) is 16.5. The van der Waals surface area contributed by atoms with Crippen LogP contribution in [0.2, 0.25) is 0 Å². The van der Waals surface area contributed by atoms with Gasteiger partial charge in [-0.1, -0.05) is 0 Å². The number of hydrogen-bond acceptors (Lipinski definition) is 4. The summed E-state index contributed by atoms with van der Waals surface area (Å²) in [4.78, 5) is 0. The van der Waals surface area contributed by atoms with Gasteiger partial charge in [-0.15, -0.1) is 0 Å². The summed E-state index contributed by atoms with van der Waals surface area (Å²) in [6.07, 6.45) is 0. The fourth-order valence-corrected chi connectivity index (χ4v) is 0. The summed E-state index contributed by atoms with van der Waals surface area (Å²) in [5.41, 5.74) is 0. The minimum absolute atomic E-state index is 0. The van der Waals surface area contributed by atoms with E-state index in [1.165, 1.54) is 0 Å². The van der Waals surface area contributed by atoms with Crippen molar-refractivity contribution in [3.05, 3.63) is 0 Å². The standard InChI is InChI=1S/Fe.2H2O3Se/c;2*1-4(2)3/h;2*(H2,1,2,3)/q+2;;/p-2. The Morgan fingerprint density at radius 2 is 1.00 bits per heavy atom. The second-order valence-electron chi connectivity index (χ2n) is 0.434. The van der Waals surface area contributed by atoms with Crippen LogP contribution >= 0.6 is 0 Å². The third-order valence-corrected chi connectivity index (χ3v) is 0. The van der Waals surface area contributed by atoms with Crippen molar-refractivity contribution in [2.75, 3.05) is 0 Å². The maximum atomic E-state index is 8.65. The Balaban J connectivity index is -0.0000000720. The molecule has 9 heavy (non-hydrogen) atoms. The van der Waals surface area contributed by atoms with Crippen LogP contribution in [0.4, 0.5) is 0 Å². The molecule has 0 saturated carbocycles. The van der Waals surface area contributed by atoms with Gasteiger partial charge in [-0.2, -0.15) is 0 Å². The normalized spacial score (nSPS) is 13.8. The molecule has 0 saturated heterocycles. The van der Waals surface area contributed by atoms with Crippen LogP contribution < -0.4 is 8.38 Å². The van der Waals surface area contributed by atoms with Crippen LogP contribution in [0, 0.1) is 0 Å². The molecule has 0 aliphatic carbocycles. The average molecular weight is 312 g/mol. The van der Waals surface area contributed by atoms with E-state index in [1.807, 2.05) is 0 Å². The largest absolute Gasteiger partial charge is 2.00 e. The van der Waals surface area contributed by atoms with E-state index < -0.39 is 29.0 Å². The number of rotatable bonds is 0. The average Bonchev–Trinajstić information content (AvgIpc) is 1.25. The third-order valence-electron chi connectivity index (χ3n) is 0. The molecule has 6 nitrogen and oxygen atoms in total. The van der Waals surface area contributed by atoms with Crippen LogP contribution in [0.1, 0.15) is 0 Å². The zero-order chi connectivity index (χ0) is 7.15. The van der Waals surface area contributed by atoms with E-state index in [4.69, 9.17) is 24.4 Å². The van der Waals surface area contributed by atoms with Crippen LogP contribution in [-0.4, -0.2) is 37.4 Å². The first-order chi connectivity index (χ1) is 3.46. The molecule has 0 spiro atoms. The fraction of sp³-hybridized carbons (Fsp3) is 0. The molecule has 0 heterocycles. The van der Waals surface area contributed by atoms with Gasteiger partial charge >= 0.3 is 70.5 Å². The van der Waals surface area contributed by atoms with Gasteiger partial charge in [-0.25, -0.2) is 0 Å². The molecule has 0 aliphatic heterocycles. The molecule has 2 unspecified atom stereocenters. The molecule has 58 valence electrons. The summed E-state index contributed by atoms with van der Waals surface area (Å²) in [5.74, 6) is 0. The maximum Gasteiger partial charge on any atom is 2.00 e. The van der Waals surface area contributed by atoms with E-state index >= 15 is 0 Å². The van der Waals surface area contributed by atoms with Crippen molar-refractivity contribution in [1.29, 1.82) is 0 Å². The molecule has 0 amide bonds. The van der Waals surface area contributed by atoms with Crippen LogP contribution in [-0.2, 0) is 24.7 Å². The molecule has 0 rings (SSSR count). The monoisotopic (exact) mass is 314 g/mol. The Labute approximate surface area is 70.5 Å². The molecule has 0 aliphatic rings. The molecular formula is H2FeO6Se2. The van der Waals surface area contributed by atoms with E-state index in [0.717, 1.165) is 0 Å². The zero-order valence-electron chi connectivity index (χ0n) is 3.70. The topological polar surface area (TPSA) is 121 Å². The van der Waals surface area contributed by atoms with E-state index in [9.17, 15) is 0 Å². The Hall–Kier alpha value is 0.998. The molecule has 9 heteroatoms. The molecule has 0 bridgehead atoms. The molecule has 0 aromatic rings. The van der Waals surface area contributed by atoms with E-state index in [0.29, 0.717) is 0 Å². The molecule has 0 aromatic heterocycles. The van der Waals surface area contributed by atoms with Gasteiger partial charge in [0, 0.05) is 0 Å². The molecular weight excluding hydrogens is 310 g/mol. The van der Waals surface area contributed by atoms with Crippen molar-refractivity contribution in [2.45, 2.75) is 0 Å². The first-order valence-corrected chi connectivity index (χ1v) is 5.36. The van der Waals surface area contributed by atoms with Gasteiger partial charge in [-0.05, 0) is 0 Å². The van der Waals surface area contributed by atoms with Crippen LogP contribution in [0.5, 0.6) is 0 Å². The molecule has 2 N–H and O–H groups in total. The van der Waals surface area contributed by atoms with Crippen molar-refractivity contribution in [1.82, 2.24) is 0 Å². The summed E-state index contributed by atoms with van der Waals surface area (Å²) in [6.45, 7) is 0. The molecule has 2 atom stereocenters. The van der Waals surface area contributed by atoms with E-state index in [2.05, 4.69) is 0 Å². The third kappa shape index (κ3) is 442. The smallest absolute Gasteiger partial charge is 2.00 e. The van der Waals surface area contributed by atoms with E-state index in [1.54, 1.807) is 0 Å². The second kappa shape index (κ2) is 11.8. The van der Waals surface area contributed by atoms with Gasteiger partial charge in [0.25, 0.3) is 0 Å². The van der Waals surface area contributed by atoms with Gasteiger partial charge in [0.15, 0.2) is 0 Å². The first-order valence-electron chi connectivity index (χ1n) is 1.03. The second-order valence-corrected chi connectivity index (χ2v) is 2.26. The minimum Gasteiger partial charge on any atom is 2.00 e. The van der Waals surface area contributed by atoms with Crippen LogP contribution in [0.25, 0.3) is 0 Å². The quantitative estimate of drug-likeness (QED) is 0.435. The number of hydrogen-bond donors (Lipinski definition) is 2. The summed E-state index contributed by atoms with van der Waals surface area (Å²) in [6, 6.07) is 0. The SMILES string of the molecule is O=[Se]([O-])O.O=[Se]([O-])O.[Fe+2]. The van der Waals surface area contributed by atoms with Gasteiger partial charge < -0.3 is 0 Å². The molecule has 0 fully saturated rings. The van der Waals surface area contributed by atoms with Gasteiger partial charge in [0.05, 0.1) is 0 Å². The molecule has 0 aromatic carbocycles. The summed E-state index contributed by atoms with van der Waals surface area (Å²) >= 11 is -7.08. The Kier molecular flexibility index (Phi) is 21.6. The van der Waals surface area contributed by atoms with Crippen LogP contribution in [0.3, 0.4) is 0 Å². The fourth-order valence-electron chi connectivity index (χ4n) is 0. The Morgan fingerprint density at radius 3 is 1.00 bits per heavy atom. The maximum absolute atomic E-state index is 8.65. The Morgan fingerprint density at radius 1 is 1.00 bits per heavy atom. The summed E-state index contributed by atoms with van der Waals surface area (Å²) < 4.78 is 48.8. The predicted molar refractivity (Wildman–Crippen MR) is 17.3 cm³/mol. The van der Waals surface area contributed by atoms with Gasteiger partial charge in [-0.3, -0.25) is 0 Å². The van der Waals surface area contributed by atoms with E-state index in [-0.39, 0.29) is 17.1 Å². The summed E-state index contributed by atoms with van der Waals surface area (Å²) in [5, 5.41) is 0.